The van der Waals surface area contributed by atoms with Crippen LogP contribution in [-0.4, -0.2) is 29.1 Å². The Bertz CT molecular complexity index is 1060. The molecule has 0 aliphatic carbocycles. The predicted octanol–water partition coefficient (Wildman–Crippen LogP) is 3.93. The lowest BCUT2D eigenvalue weighted by Crippen LogP contribution is -2.38. The van der Waals surface area contributed by atoms with Crippen molar-refractivity contribution in [1.29, 1.82) is 0 Å². The van der Waals surface area contributed by atoms with Crippen LogP contribution in [0.2, 0.25) is 0 Å². The summed E-state index contributed by atoms with van der Waals surface area (Å²) in [6.45, 7) is 5.05. The fourth-order valence-corrected chi connectivity index (χ4v) is 4.46. The SMILES string of the molecule is Cc1[nH]c2ccc(CNC(=O)CCN3C(=O)CSc4ccccc43)cc2c1C. The summed E-state index contributed by atoms with van der Waals surface area (Å²) in [5, 5.41) is 4.17. The molecule has 4 rings (SSSR count). The first-order valence-electron chi connectivity index (χ1n) is 9.39. The van der Waals surface area contributed by atoms with Gasteiger partial charge in [-0.3, -0.25) is 9.59 Å². The Labute approximate surface area is 168 Å². The number of aryl methyl sites for hydroxylation is 2. The molecule has 0 fully saturated rings. The first kappa shape index (κ1) is 18.6. The van der Waals surface area contributed by atoms with Crippen molar-refractivity contribution in [3.63, 3.8) is 0 Å². The maximum Gasteiger partial charge on any atom is 0.237 e. The van der Waals surface area contributed by atoms with Gasteiger partial charge in [-0.2, -0.15) is 0 Å². The molecule has 0 unspecified atom stereocenters. The van der Waals surface area contributed by atoms with Crippen LogP contribution in [0.4, 0.5) is 5.69 Å². The molecule has 0 radical (unpaired) electrons. The Hall–Kier alpha value is -2.73. The van der Waals surface area contributed by atoms with E-state index in [4.69, 9.17) is 0 Å². The molecule has 3 aromatic rings. The quantitative estimate of drug-likeness (QED) is 0.690. The van der Waals surface area contributed by atoms with Crippen LogP contribution in [0.25, 0.3) is 10.9 Å². The second-order valence-corrected chi connectivity index (χ2v) is 8.10. The molecule has 1 aromatic heterocycles. The van der Waals surface area contributed by atoms with Gasteiger partial charge in [0.1, 0.15) is 0 Å². The smallest absolute Gasteiger partial charge is 0.237 e. The standard InChI is InChI=1S/C22H23N3O2S/c1-14-15(2)24-18-8-7-16(11-17(14)18)12-23-21(26)9-10-25-19-5-3-4-6-20(19)28-13-22(25)27/h3-8,11,24H,9-10,12-13H2,1-2H3,(H,23,26). The van der Waals surface area contributed by atoms with Gasteiger partial charge in [0.2, 0.25) is 11.8 Å². The number of aromatic amines is 1. The summed E-state index contributed by atoms with van der Waals surface area (Å²) in [5.74, 6) is 0.430. The molecule has 2 N–H and O–H groups in total. The van der Waals surface area contributed by atoms with E-state index in [0.29, 0.717) is 18.8 Å². The van der Waals surface area contributed by atoms with E-state index in [1.165, 1.54) is 16.6 Å². The number of aromatic nitrogens is 1. The number of rotatable bonds is 5. The van der Waals surface area contributed by atoms with E-state index in [-0.39, 0.29) is 18.2 Å². The Kier molecular flexibility index (Phi) is 5.13. The van der Waals surface area contributed by atoms with Crippen molar-refractivity contribution in [2.75, 3.05) is 17.2 Å². The summed E-state index contributed by atoms with van der Waals surface area (Å²) in [7, 11) is 0. The van der Waals surface area contributed by atoms with Gasteiger partial charge in [-0.15, -0.1) is 11.8 Å². The molecular weight excluding hydrogens is 370 g/mol. The molecule has 144 valence electrons. The highest BCUT2D eigenvalue weighted by Crippen LogP contribution is 2.34. The molecule has 2 heterocycles. The number of thioether (sulfide) groups is 1. The first-order valence-corrected chi connectivity index (χ1v) is 10.4. The zero-order valence-corrected chi connectivity index (χ0v) is 16.9. The third-order valence-electron chi connectivity index (χ3n) is 5.23. The van der Waals surface area contributed by atoms with Gasteiger partial charge in [0.25, 0.3) is 0 Å². The highest BCUT2D eigenvalue weighted by molar-refractivity contribution is 8.00. The maximum absolute atomic E-state index is 12.4. The lowest BCUT2D eigenvalue weighted by molar-refractivity contribution is -0.121. The van der Waals surface area contributed by atoms with Crippen molar-refractivity contribution >= 4 is 40.2 Å². The Balaban J connectivity index is 1.36. The monoisotopic (exact) mass is 393 g/mol. The number of carbonyl (C=O) groups excluding carboxylic acids is 2. The molecule has 1 aliphatic heterocycles. The first-order chi connectivity index (χ1) is 13.5. The third-order valence-corrected chi connectivity index (χ3v) is 6.28. The number of carbonyl (C=O) groups is 2. The van der Waals surface area contributed by atoms with Gasteiger partial charge < -0.3 is 15.2 Å². The van der Waals surface area contributed by atoms with Crippen molar-refractivity contribution in [3.8, 4) is 0 Å². The molecule has 0 saturated carbocycles. The van der Waals surface area contributed by atoms with Crippen LogP contribution in [0.5, 0.6) is 0 Å². The van der Waals surface area contributed by atoms with Gasteiger partial charge in [-0.25, -0.2) is 0 Å². The van der Waals surface area contributed by atoms with Gasteiger partial charge in [-0.1, -0.05) is 18.2 Å². The molecular formula is C22H23N3O2S. The van der Waals surface area contributed by atoms with Crippen molar-refractivity contribution in [2.45, 2.75) is 31.7 Å². The van der Waals surface area contributed by atoms with Crippen LogP contribution in [0.1, 0.15) is 23.2 Å². The fourth-order valence-electron chi connectivity index (χ4n) is 3.52. The van der Waals surface area contributed by atoms with Crippen LogP contribution in [0.15, 0.2) is 47.4 Å². The minimum Gasteiger partial charge on any atom is -0.358 e. The lowest BCUT2D eigenvalue weighted by Gasteiger charge is -2.28. The van der Waals surface area contributed by atoms with Gasteiger partial charge in [-0.05, 0) is 49.2 Å². The average Bonchev–Trinajstić information content (AvgIpc) is 2.99. The average molecular weight is 394 g/mol. The Morgan fingerprint density at radius 2 is 2.04 bits per heavy atom. The second-order valence-electron chi connectivity index (χ2n) is 7.08. The van der Waals surface area contributed by atoms with Crippen LogP contribution in [0, 0.1) is 13.8 Å². The van der Waals surface area contributed by atoms with Crippen molar-refractivity contribution in [2.24, 2.45) is 0 Å². The van der Waals surface area contributed by atoms with Crippen LogP contribution in [0.3, 0.4) is 0 Å². The second kappa shape index (κ2) is 7.72. The van der Waals surface area contributed by atoms with Crippen LogP contribution in [-0.2, 0) is 16.1 Å². The van der Waals surface area contributed by atoms with Crippen molar-refractivity contribution in [3.05, 3.63) is 59.3 Å². The predicted molar refractivity (Wildman–Crippen MR) is 114 cm³/mol. The Morgan fingerprint density at radius 3 is 2.89 bits per heavy atom. The minimum absolute atomic E-state index is 0.0504. The largest absolute Gasteiger partial charge is 0.358 e. The number of hydrogen-bond acceptors (Lipinski definition) is 3. The van der Waals surface area contributed by atoms with Crippen LogP contribution < -0.4 is 10.2 Å². The molecule has 6 heteroatoms. The summed E-state index contributed by atoms with van der Waals surface area (Å²) < 4.78 is 0. The van der Waals surface area contributed by atoms with Gasteiger partial charge >= 0.3 is 0 Å². The molecule has 0 spiro atoms. The molecule has 0 saturated heterocycles. The lowest BCUT2D eigenvalue weighted by atomic mass is 10.1. The number of nitrogens with one attached hydrogen (secondary N) is 2. The number of fused-ring (bicyclic) bond motifs is 2. The van der Waals surface area contributed by atoms with Gasteiger partial charge in [0.15, 0.2) is 0 Å². The van der Waals surface area contributed by atoms with E-state index in [9.17, 15) is 9.59 Å². The van der Waals surface area contributed by atoms with Crippen molar-refractivity contribution in [1.82, 2.24) is 10.3 Å². The van der Waals surface area contributed by atoms with E-state index in [1.807, 2.05) is 30.3 Å². The molecule has 0 atom stereocenters. The third kappa shape index (κ3) is 3.64. The summed E-state index contributed by atoms with van der Waals surface area (Å²) in [6, 6.07) is 14.0. The van der Waals surface area contributed by atoms with Crippen molar-refractivity contribution < 1.29 is 9.59 Å². The maximum atomic E-state index is 12.4. The van der Waals surface area contributed by atoms with E-state index >= 15 is 0 Å². The topological polar surface area (TPSA) is 65.2 Å². The molecule has 28 heavy (non-hydrogen) atoms. The van der Waals surface area contributed by atoms with Gasteiger partial charge in [0, 0.05) is 41.0 Å². The van der Waals surface area contributed by atoms with E-state index < -0.39 is 0 Å². The zero-order chi connectivity index (χ0) is 19.7. The molecule has 0 bridgehead atoms. The number of hydrogen-bond donors (Lipinski definition) is 2. The summed E-state index contributed by atoms with van der Waals surface area (Å²) in [5.41, 5.74) is 5.49. The number of amides is 2. The number of para-hydroxylation sites is 1. The fraction of sp³-hybridized carbons (Fsp3) is 0.273. The van der Waals surface area contributed by atoms with Gasteiger partial charge in [0.05, 0.1) is 11.4 Å². The van der Waals surface area contributed by atoms with E-state index in [1.54, 1.807) is 16.7 Å². The Morgan fingerprint density at radius 1 is 1.21 bits per heavy atom. The van der Waals surface area contributed by atoms with E-state index in [0.717, 1.165) is 21.7 Å². The number of H-pyrrole nitrogens is 1. The van der Waals surface area contributed by atoms with E-state index in [2.05, 4.69) is 36.3 Å². The highest BCUT2D eigenvalue weighted by Gasteiger charge is 2.24. The zero-order valence-electron chi connectivity index (χ0n) is 16.0. The number of nitrogens with zero attached hydrogens (tertiary/aromatic N) is 1. The number of benzene rings is 2. The highest BCUT2D eigenvalue weighted by atomic mass is 32.2. The summed E-state index contributed by atoms with van der Waals surface area (Å²) in [6.07, 6.45) is 0.287. The molecule has 2 aromatic carbocycles. The normalized spacial score (nSPS) is 13.6. The molecule has 1 aliphatic rings. The minimum atomic E-state index is -0.0504. The summed E-state index contributed by atoms with van der Waals surface area (Å²) in [4.78, 5) is 30.8. The molecule has 5 nitrogen and oxygen atoms in total. The summed E-state index contributed by atoms with van der Waals surface area (Å²) >= 11 is 1.55. The molecule has 2 amide bonds. The van der Waals surface area contributed by atoms with Crippen LogP contribution >= 0.6 is 11.8 Å². The number of anilines is 1.